The average Bonchev–Trinajstić information content (AvgIpc) is 2.54. The summed E-state index contributed by atoms with van der Waals surface area (Å²) in [5.41, 5.74) is 8.16. The van der Waals surface area contributed by atoms with Crippen LogP contribution in [0.25, 0.3) is 0 Å². The van der Waals surface area contributed by atoms with Gasteiger partial charge in [-0.1, -0.05) is 31.2 Å². The van der Waals surface area contributed by atoms with Crippen molar-refractivity contribution in [2.45, 2.75) is 13.3 Å². The number of rotatable bonds is 6. The van der Waals surface area contributed by atoms with Crippen LogP contribution in [-0.2, 0) is 11.2 Å². The standard InChI is InChI=1S/C17H19N3O2/c1-2-12-7-9-13(10-8-12)20-16(21)11-19-15-6-4-3-5-14(15)17(18)22/h3-10,19H,2,11H2,1H3,(H2,18,22)(H,20,21). The minimum Gasteiger partial charge on any atom is -0.376 e. The van der Waals surface area contributed by atoms with Crippen molar-refractivity contribution >= 4 is 23.2 Å². The lowest BCUT2D eigenvalue weighted by Gasteiger charge is -2.10. The fraction of sp³-hybridized carbons (Fsp3) is 0.176. The highest BCUT2D eigenvalue weighted by Crippen LogP contribution is 2.14. The number of anilines is 2. The fourth-order valence-electron chi connectivity index (χ4n) is 2.06. The molecule has 0 heterocycles. The quantitative estimate of drug-likeness (QED) is 0.765. The first-order chi connectivity index (χ1) is 10.6. The lowest BCUT2D eigenvalue weighted by Crippen LogP contribution is -2.23. The summed E-state index contributed by atoms with van der Waals surface area (Å²) in [6, 6.07) is 14.5. The summed E-state index contributed by atoms with van der Waals surface area (Å²) in [6.45, 7) is 2.13. The highest BCUT2D eigenvalue weighted by molar-refractivity contribution is 6.00. The van der Waals surface area contributed by atoms with Crippen molar-refractivity contribution in [1.29, 1.82) is 0 Å². The van der Waals surface area contributed by atoms with Crippen LogP contribution >= 0.6 is 0 Å². The van der Waals surface area contributed by atoms with E-state index >= 15 is 0 Å². The molecule has 2 rings (SSSR count). The van der Waals surface area contributed by atoms with Crippen LogP contribution in [0.3, 0.4) is 0 Å². The predicted octanol–water partition coefficient (Wildman–Crippen LogP) is 2.40. The number of hydrogen-bond acceptors (Lipinski definition) is 3. The van der Waals surface area contributed by atoms with Gasteiger partial charge in [-0.05, 0) is 36.2 Å². The van der Waals surface area contributed by atoms with Gasteiger partial charge in [-0.25, -0.2) is 0 Å². The van der Waals surface area contributed by atoms with Crippen molar-refractivity contribution in [2.75, 3.05) is 17.2 Å². The third-order valence-electron chi connectivity index (χ3n) is 3.28. The van der Waals surface area contributed by atoms with Crippen LogP contribution in [0, 0.1) is 0 Å². The molecule has 5 heteroatoms. The number of para-hydroxylation sites is 1. The van der Waals surface area contributed by atoms with E-state index < -0.39 is 5.91 Å². The molecule has 0 spiro atoms. The summed E-state index contributed by atoms with van der Waals surface area (Å²) >= 11 is 0. The molecule has 0 unspecified atom stereocenters. The first-order valence-electron chi connectivity index (χ1n) is 7.11. The van der Waals surface area contributed by atoms with Gasteiger partial charge >= 0.3 is 0 Å². The number of carbonyl (C=O) groups excluding carboxylic acids is 2. The van der Waals surface area contributed by atoms with Gasteiger partial charge in [0.25, 0.3) is 5.91 Å². The molecule has 2 amide bonds. The van der Waals surface area contributed by atoms with Gasteiger partial charge in [0.15, 0.2) is 0 Å². The molecule has 2 aromatic rings. The molecule has 4 N–H and O–H groups in total. The first-order valence-corrected chi connectivity index (χ1v) is 7.11. The normalized spacial score (nSPS) is 10.0. The predicted molar refractivity (Wildman–Crippen MR) is 87.9 cm³/mol. The van der Waals surface area contributed by atoms with E-state index in [4.69, 9.17) is 5.73 Å². The van der Waals surface area contributed by atoms with E-state index in [9.17, 15) is 9.59 Å². The highest BCUT2D eigenvalue weighted by atomic mass is 16.2. The number of benzene rings is 2. The maximum atomic E-state index is 11.9. The van der Waals surface area contributed by atoms with Crippen molar-refractivity contribution in [1.82, 2.24) is 0 Å². The molecule has 0 aliphatic carbocycles. The van der Waals surface area contributed by atoms with Crippen LogP contribution in [-0.4, -0.2) is 18.4 Å². The zero-order valence-corrected chi connectivity index (χ0v) is 12.4. The van der Waals surface area contributed by atoms with E-state index in [1.807, 2.05) is 24.3 Å². The van der Waals surface area contributed by atoms with Crippen molar-refractivity contribution in [3.8, 4) is 0 Å². The molecule has 2 aromatic carbocycles. The summed E-state index contributed by atoms with van der Waals surface area (Å²) in [7, 11) is 0. The largest absolute Gasteiger partial charge is 0.376 e. The monoisotopic (exact) mass is 297 g/mol. The zero-order chi connectivity index (χ0) is 15.9. The Kier molecular flexibility index (Phi) is 5.14. The molecule has 0 aromatic heterocycles. The number of carbonyl (C=O) groups is 2. The molecule has 0 bridgehead atoms. The van der Waals surface area contributed by atoms with Crippen molar-refractivity contribution in [3.63, 3.8) is 0 Å². The maximum absolute atomic E-state index is 11.9. The number of hydrogen-bond donors (Lipinski definition) is 3. The van der Waals surface area contributed by atoms with E-state index in [2.05, 4.69) is 17.6 Å². The molecule has 5 nitrogen and oxygen atoms in total. The Bertz CT molecular complexity index is 666. The van der Waals surface area contributed by atoms with E-state index in [0.29, 0.717) is 11.3 Å². The molecule has 0 aliphatic rings. The second-order valence-corrected chi connectivity index (χ2v) is 4.86. The number of nitrogens with one attached hydrogen (secondary N) is 2. The van der Waals surface area contributed by atoms with Crippen molar-refractivity contribution < 1.29 is 9.59 Å². The van der Waals surface area contributed by atoms with Crippen LogP contribution in [0.15, 0.2) is 48.5 Å². The molecule has 0 atom stereocenters. The van der Waals surface area contributed by atoms with Gasteiger partial charge in [0.05, 0.1) is 12.1 Å². The van der Waals surface area contributed by atoms with E-state index in [0.717, 1.165) is 12.1 Å². The van der Waals surface area contributed by atoms with Crippen LogP contribution in [0.1, 0.15) is 22.8 Å². The Labute approximate surface area is 129 Å². The second-order valence-electron chi connectivity index (χ2n) is 4.86. The highest BCUT2D eigenvalue weighted by Gasteiger charge is 2.08. The van der Waals surface area contributed by atoms with E-state index in [1.54, 1.807) is 24.3 Å². The van der Waals surface area contributed by atoms with Crippen LogP contribution in [0.4, 0.5) is 11.4 Å². The average molecular weight is 297 g/mol. The summed E-state index contributed by atoms with van der Waals surface area (Å²) in [6.07, 6.45) is 0.958. The number of amides is 2. The van der Waals surface area contributed by atoms with Crippen LogP contribution in [0.2, 0.25) is 0 Å². The summed E-state index contributed by atoms with van der Waals surface area (Å²) in [5.74, 6) is -0.720. The molecule has 22 heavy (non-hydrogen) atoms. The molecular formula is C17H19N3O2. The van der Waals surface area contributed by atoms with Gasteiger partial charge < -0.3 is 16.4 Å². The van der Waals surface area contributed by atoms with Crippen LogP contribution < -0.4 is 16.4 Å². The molecule has 0 saturated heterocycles. The van der Waals surface area contributed by atoms with E-state index in [1.165, 1.54) is 5.56 Å². The minimum absolute atomic E-state index is 0.0554. The van der Waals surface area contributed by atoms with Gasteiger partial charge in [0.2, 0.25) is 5.91 Å². The summed E-state index contributed by atoms with van der Waals surface area (Å²) in [5, 5.41) is 5.72. The number of primary amides is 1. The smallest absolute Gasteiger partial charge is 0.250 e. The Morgan fingerprint density at radius 1 is 1.05 bits per heavy atom. The van der Waals surface area contributed by atoms with Gasteiger partial charge in [-0.3, -0.25) is 9.59 Å². The topological polar surface area (TPSA) is 84.2 Å². The Morgan fingerprint density at radius 2 is 1.73 bits per heavy atom. The van der Waals surface area contributed by atoms with Gasteiger partial charge in [-0.2, -0.15) is 0 Å². The molecule has 0 radical (unpaired) electrons. The SMILES string of the molecule is CCc1ccc(NC(=O)CNc2ccccc2C(N)=O)cc1. The zero-order valence-electron chi connectivity index (χ0n) is 12.4. The molecule has 0 fully saturated rings. The van der Waals surface area contributed by atoms with Crippen molar-refractivity contribution in [2.24, 2.45) is 5.73 Å². The molecule has 0 saturated carbocycles. The second kappa shape index (κ2) is 7.26. The molecular weight excluding hydrogens is 278 g/mol. The van der Waals surface area contributed by atoms with Gasteiger partial charge in [-0.15, -0.1) is 0 Å². The summed E-state index contributed by atoms with van der Waals surface area (Å²) in [4.78, 5) is 23.2. The van der Waals surface area contributed by atoms with E-state index in [-0.39, 0.29) is 12.5 Å². The van der Waals surface area contributed by atoms with Crippen molar-refractivity contribution in [3.05, 3.63) is 59.7 Å². The number of nitrogens with two attached hydrogens (primary N) is 1. The third kappa shape index (κ3) is 4.09. The van der Waals surface area contributed by atoms with Gasteiger partial charge in [0, 0.05) is 11.4 Å². The lowest BCUT2D eigenvalue weighted by atomic mass is 10.1. The minimum atomic E-state index is -0.529. The lowest BCUT2D eigenvalue weighted by molar-refractivity contribution is -0.114. The van der Waals surface area contributed by atoms with Gasteiger partial charge in [0.1, 0.15) is 0 Å². The Morgan fingerprint density at radius 3 is 2.36 bits per heavy atom. The molecule has 114 valence electrons. The maximum Gasteiger partial charge on any atom is 0.250 e. The number of aryl methyl sites for hydroxylation is 1. The Balaban J connectivity index is 1.94. The first kappa shape index (κ1) is 15.6. The Hall–Kier alpha value is -2.82. The fourth-order valence-corrected chi connectivity index (χ4v) is 2.06. The molecule has 0 aliphatic heterocycles. The summed E-state index contributed by atoms with van der Waals surface area (Å²) < 4.78 is 0. The third-order valence-corrected chi connectivity index (χ3v) is 3.28. The van der Waals surface area contributed by atoms with Crippen LogP contribution in [0.5, 0.6) is 0 Å².